The third kappa shape index (κ3) is 2.08. The van der Waals surface area contributed by atoms with Gasteiger partial charge in [-0.1, -0.05) is 28.1 Å². The lowest BCUT2D eigenvalue weighted by atomic mass is 10.1. The van der Waals surface area contributed by atoms with Gasteiger partial charge in [0, 0.05) is 23.2 Å². The predicted molar refractivity (Wildman–Crippen MR) is 77.0 cm³/mol. The topological polar surface area (TPSA) is 32.3 Å². The van der Waals surface area contributed by atoms with E-state index in [0.717, 1.165) is 35.1 Å². The van der Waals surface area contributed by atoms with Crippen LogP contribution in [0.3, 0.4) is 0 Å². The molecule has 1 saturated heterocycles. The van der Waals surface area contributed by atoms with Crippen LogP contribution in [0.25, 0.3) is 10.8 Å². The Hall–Kier alpha value is -1.55. The van der Waals surface area contributed by atoms with Gasteiger partial charge in [-0.25, -0.2) is 4.79 Å². The maximum Gasteiger partial charge on any atom is 0.321 e. The van der Waals surface area contributed by atoms with E-state index in [2.05, 4.69) is 45.5 Å². The van der Waals surface area contributed by atoms with Gasteiger partial charge in [0.15, 0.2) is 0 Å². The van der Waals surface area contributed by atoms with E-state index in [0.29, 0.717) is 0 Å². The zero-order chi connectivity index (χ0) is 12.5. The highest BCUT2D eigenvalue weighted by atomic mass is 79.9. The average Bonchev–Trinajstić information content (AvgIpc) is 2.39. The summed E-state index contributed by atoms with van der Waals surface area (Å²) >= 11 is 3.46. The summed E-state index contributed by atoms with van der Waals surface area (Å²) in [6.45, 7) is 1.56. The summed E-state index contributed by atoms with van der Waals surface area (Å²) in [4.78, 5) is 13.6. The summed E-state index contributed by atoms with van der Waals surface area (Å²) in [5.41, 5.74) is 0.960. The van der Waals surface area contributed by atoms with Crippen molar-refractivity contribution in [3.63, 3.8) is 0 Å². The van der Waals surface area contributed by atoms with Gasteiger partial charge >= 0.3 is 6.03 Å². The number of fused-ring (bicyclic) bond motifs is 1. The van der Waals surface area contributed by atoms with E-state index in [1.807, 2.05) is 12.1 Å². The lowest BCUT2D eigenvalue weighted by Crippen LogP contribution is -2.46. The number of anilines is 1. The number of amides is 2. The van der Waals surface area contributed by atoms with Crippen molar-refractivity contribution in [1.82, 2.24) is 5.32 Å². The van der Waals surface area contributed by atoms with Gasteiger partial charge in [0.2, 0.25) is 0 Å². The Kier molecular flexibility index (Phi) is 2.96. The molecule has 1 heterocycles. The van der Waals surface area contributed by atoms with Gasteiger partial charge in [0.25, 0.3) is 0 Å². The first-order valence-electron chi connectivity index (χ1n) is 5.99. The molecule has 0 saturated carbocycles. The van der Waals surface area contributed by atoms with Gasteiger partial charge in [-0.15, -0.1) is 0 Å². The zero-order valence-corrected chi connectivity index (χ0v) is 11.4. The lowest BCUT2D eigenvalue weighted by Gasteiger charge is -2.27. The molecule has 2 aromatic carbocycles. The standard InChI is InChI=1S/C14H13BrN2O/c15-12-4-2-11-9-13(5-3-10(11)8-12)17-7-1-6-16-14(17)18/h2-5,8-9H,1,6-7H2,(H,16,18). The number of rotatable bonds is 1. The Morgan fingerprint density at radius 3 is 2.72 bits per heavy atom. The summed E-state index contributed by atoms with van der Waals surface area (Å²) in [7, 11) is 0. The second-order valence-electron chi connectivity index (χ2n) is 4.41. The van der Waals surface area contributed by atoms with Crippen LogP contribution in [-0.2, 0) is 0 Å². The van der Waals surface area contributed by atoms with Crippen molar-refractivity contribution in [2.24, 2.45) is 0 Å². The molecule has 4 heteroatoms. The number of carbonyl (C=O) groups excluding carboxylic acids is 1. The van der Waals surface area contributed by atoms with Crippen molar-refractivity contribution in [2.45, 2.75) is 6.42 Å². The Labute approximate surface area is 114 Å². The molecular weight excluding hydrogens is 292 g/mol. The van der Waals surface area contributed by atoms with E-state index in [4.69, 9.17) is 0 Å². The highest BCUT2D eigenvalue weighted by Gasteiger charge is 2.18. The Balaban J connectivity index is 2.02. The van der Waals surface area contributed by atoms with E-state index in [-0.39, 0.29) is 6.03 Å². The molecule has 0 unspecified atom stereocenters. The Morgan fingerprint density at radius 1 is 1.11 bits per heavy atom. The van der Waals surface area contributed by atoms with Crippen molar-refractivity contribution < 1.29 is 4.79 Å². The van der Waals surface area contributed by atoms with Crippen molar-refractivity contribution >= 4 is 38.4 Å². The molecule has 0 radical (unpaired) electrons. The fraction of sp³-hybridized carbons (Fsp3) is 0.214. The minimum atomic E-state index is -0.00212. The third-order valence-electron chi connectivity index (χ3n) is 3.18. The van der Waals surface area contributed by atoms with Crippen LogP contribution in [0.2, 0.25) is 0 Å². The van der Waals surface area contributed by atoms with E-state index < -0.39 is 0 Å². The monoisotopic (exact) mass is 304 g/mol. The molecule has 0 bridgehead atoms. The van der Waals surface area contributed by atoms with Gasteiger partial charge < -0.3 is 5.32 Å². The summed E-state index contributed by atoms with van der Waals surface area (Å²) in [5, 5.41) is 5.19. The van der Waals surface area contributed by atoms with Gasteiger partial charge in [-0.3, -0.25) is 4.90 Å². The van der Waals surface area contributed by atoms with E-state index in [1.54, 1.807) is 4.90 Å². The maximum absolute atomic E-state index is 11.8. The fourth-order valence-corrected chi connectivity index (χ4v) is 2.63. The summed E-state index contributed by atoms with van der Waals surface area (Å²) in [6.07, 6.45) is 0.990. The number of benzene rings is 2. The molecule has 3 rings (SSSR count). The van der Waals surface area contributed by atoms with E-state index >= 15 is 0 Å². The van der Waals surface area contributed by atoms with Crippen LogP contribution in [0.1, 0.15) is 6.42 Å². The summed E-state index contributed by atoms with van der Waals surface area (Å²) in [6, 6.07) is 12.3. The van der Waals surface area contributed by atoms with E-state index in [9.17, 15) is 4.79 Å². The molecule has 0 atom stereocenters. The van der Waals surface area contributed by atoms with Crippen LogP contribution in [0.5, 0.6) is 0 Å². The van der Waals surface area contributed by atoms with Crippen molar-refractivity contribution in [2.75, 3.05) is 18.0 Å². The molecule has 92 valence electrons. The minimum absolute atomic E-state index is 0.00212. The number of hydrogen-bond donors (Lipinski definition) is 1. The molecule has 3 nitrogen and oxygen atoms in total. The minimum Gasteiger partial charge on any atom is -0.338 e. The number of carbonyl (C=O) groups is 1. The molecule has 0 aliphatic carbocycles. The Bertz CT molecular complexity index is 612. The molecule has 1 aliphatic rings. The van der Waals surface area contributed by atoms with Crippen LogP contribution in [0, 0.1) is 0 Å². The molecular formula is C14H13BrN2O. The van der Waals surface area contributed by atoms with Crippen LogP contribution in [0.4, 0.5) is 10.5 Å². The lowest BCUT2D eigenvalue weighted by molar-refractivity contribution is 0.243. The highest BCUT2D eigenvalue weighted by Crippen LogP contribution is 2.25. The van der Waals surface area contributed by atoms with Crippen LogP contribution < -0.4 is 10.2 Å². The number of hydrogen-bond acceptors (Lipinski definition) is 1. The molecule has 0 spiro atoms. The third-order valence-corrected chi connectivity index (χ3v) is 3.67. The summed E-state index contributed by atoms with van der Waals surface area (Å²) in [5.74, 6) is 0. The largest absolute Gasteiger partial charge is 0.338 e. The first kappa shape index (κ1) is 11.5. The predicted octanol–water partition coefficient (Wildman–Crippen LogP) is 3.52. The molecule has 1 N–H and O–H groups in total. The SMILES string of the molecule is O=C1NCCCN1c1ccc2cc(Br)ccc2c1. The van der Waals surface area contributed by atoms with Gasteiger partial charge in [0.05, 0.1) is 0 Å². The van der Waals surface area contributed by atoms with Crippen molar-refractivity contribution in [3.8, 4) is 0 Å². The fourth-order valence-electron chi connectivity index (χ4n) is 2.25. The quantitative estimate of drug-likeness (QED) is 0.859. The maximum atomic E-state index is 11.8. The van der Waals surface area contributed by atoms with Gasteiger partial charge in [-0.05, 0) is 41.5 Å². The molecule has 1 fully saturated rings. The Morgan fingerprint density at radius 2 is 1.89 bits per heavy atom. The number of halogens is 1. The zero-order valence-electron chi connectivity index (χ0n) is 9.82. The normalized spacial score (nSPS) is 15.8. The van der Waals surface area contributed by atoms with Crippen LogP contribution >= 0.6 is 15.9 Å². The molecule has 2 amide bonds. The van der Waals surface area contributed by atoms with E-state index in [1.165, 1.54) is 5.39 Å². The highest BCUT2D eigenvalue weighted by molar-refractivity contribution is 9.10. The number of urea groups is 1. The van der Waals surface area contributed by atoms with Gasteiger partial charge in [-0.2, -0.15) is 0 Å². The second-order valence-corrected chi connectivity index (χ2v) is 5.33. The molecule has 18 heavy (non-hydrogen) atoms. The molecule has 1 aliphatic heterocycles. The first-order chi connectivity index (χ1) is 8.74. The van der Waals surface area contributed by atoms with Crippen LogP contribution in [-0.4, -0.2) is 19.1 Å². The average molecular weight is 305 g/mol. The van der Waals surface area contributed by atoms with Crippen molar-refractivity contribution in [3.05, 3.63) is 40.9 Å². The second kappa shape index (κ2) is 4.61. The number of nitrogens with one attached hydrogen (secondary N) is 1. The molecule has 0 aromatic heterocycles. The number of nitrogens with zero attached hydrogens (tertiary/aromatic N) is 1. The molecule has 2 aromatic rings. The first-order valence-corrected chi connectivity index (χ1v) is 6.78. The van der Waals surface area contributed by atoms with Crippen molar-refractivity contribution in [1.29, 1.82) is 0 Å². The summed E-state index contributed by atoms with van der Waals surface area (Å²) < 4.78 is 1.07. The van der Waals surface area contributed by atoms with Crippen LogP contribution in [0.15, 0.2) is 40.9 Å². The smallest absolute Gasteiger partial charge is 0.321 e. The van der Waals surface area contributed by atoms with Gasteiger partial charge in [0.1, 0.15) is 0 Å².